The molecule has 38 heavy (non-hydrogen) atoms. The molecule has 4 rings (SSSR count). The molecular weight excluding hydrogens is 484 g/mol. The number of benzene rings is 3. The molecule has 11 heteroatoms. The van der Waals surface area contributed by atoms with Crippen LogP contribution in [0.3, 0.4) is 0 Å². The van der Waals surface area contributed by atoms with Gasteiger partial charge < -0.3 is 22.1 Å². The quantitative estimate of drug-likeness (QED) is 0.120. The van der Waals surface area contributed by atoms with E-state index in [0.29, 0.717) is 28.2 Å². The lowest BCUT2D eigenvalue weighted by Crippen LogP contribution is -2.35. The number of rotatable bonds is 8. The van der Waals surface area contributed by atoms with E-state index < -0.39 is 17.5 Å². The molecule has 0 unspecified atom stereocenters. The highest BCUT2D eigenvalue weighted by Crippen LogP contribution is 2.18. The fourth-order valence-corrected chi connectivity index (χ4v) is 3.66. The molecule has 1 aromatic heterocycles. The number of carbonyl (C=O) groups excluding carboxylic acids is 2. The van der Waals surface area contributed by atoms with Crippen molar-refractivity contribution in [2.75, 3.05) is 16.4 Å². The van der Waals surface area contributed by atoms with Crippen molar-refractivity contribution in [1.82, 2.24) is 14.9 Å². The molecule has 3 aromatic carbocycles. The summed E-state index contributed by atoms with van der Waals surface area (Å²) in [6, 6.07) is 21.8. The van der Waals surface area contributed by atoms with Gasteiger partial charge in [0.2, 0.25) is 11.7 Å². The number of amides is 3. The van der Waals surface area contributed by atoms with Crippen molar-refractivity contribution in [2.24, 2.45) is 5.73 Å². The van der Waals surface area contributed by atoms with E-state index in [2.05, 4.69) is 20.9 Å². The number of urea groups is 1. The van der Waals surface area contributed by atoms with Crippen LogP contribution in [-0.4, -0.2) is 27.3 Å². The molecule has 0 fully saturated rings. The summed E-state index contributed by atoms with van der Waals surface area (Å²) in [7, 11) is 0. The number of carbonyl (C=O) groups is 2. The SMILES string of the molecule is N=C(N)c1ccc(CNC(=O)Cn2c(-c3ccccc3)cnc(NC(=O)Nc3cccc(N)c3)c2=O)cc1. The number of nitrogens with zero attached hydrogens (tertiary/aromatic N) is 2. The van der Waals surface area contributed by atoms with Crippen LogP contribution in [0.4, 0.5) is 22.0 Å². The van der Waals surface area contributed by atoms with Crippen LogP contribution in [0, 0.1) is 5.41 Å². The number of aromatic nitrogens is 2. The lowest BCUT2D eigenvalue weighted by molar-refractivity contribution is -0.121. The molecule has 192 valence electrons. The van der Waals surface area contributed by atoms with Gasteiger partial charge in [-0.15, -0.1) is 0 Å². The Morgan fingerprint density at radius 3 is 2.37 bits per heavy atom. The van der Waals surface area contributed by atoms with Gasteiger partial charge in [0.25, 0.3) is 5.56 Å². The zero-order valence-electron chi connectivity index (χ0n) is 20.3. The normalized spacial score (nSPS) is 10.4. The number of amidine groups is 1. The summed E-state index contributed by atoms with van der Waals surface area (Å²) in [6.45, 7) is -0.0894. The van der Waals surface area contributed by atoms with Crippen molar-refractivity contribution in [3.63, 3.8) is 0 Å². The van der Waals surface area contributed by atoms with E-state index in [9.17, 15) is 14.4 Å². The van der Waals surface area contributed by atoms with Gasteiger partial charge in [0, 0.05) is 23.5 Å². The lowest BCUT2D eigenvalue weighted by atomic mass is 10.1. The van der Waals surface area contributed by atoms with Crippen molar-refractivity contribution < 1.29 is 9.59 Å². The largest absolute Gasteiger partial charge is 0.399 e. The molecule has 0 aliphatic heterocycles. The van der Waals surface area contributed by atoms with Gasteiger partial charge in [-0.1, -0.05) is 60.7 Å². The Balaban J connectivity index is 1.54. The van der Waals surface area contributed by atoms with Crippen molar-refractivity contribution >= 4 is 35.0 Å². The second kappa shape index (κ2) is 11.5. The van der Waals surface area contributed by atoms with E-state index in [1.165, 1.54) is 10.8 Å². The number of nitrogens with two attached hydrogens (primary N) is 2. The van der Waals surface area contributed by atoms with Gasteiger partial charge in [0.1, 0.15) is 12.4 Å². The summed E-state index contributed by atoms with van der Waals surface area (Å²) in [5.74, 6) is -0.697. The molecule has 0 aliphatic carbocycles. The lowest BCUT2D eigenvalue weighted by Gasteiger charge is -2.15. The summed E-state index contributed by atoms with van der Waals surface area (Å²) >= 11 is 0. The molecule has 0 aliphatic rings. The molecule has 0 bridgehead atoms. The summed E-state index contributed by atoms with van der Waals surface area (Å²) in [5, 5.41) is 15.3. The maximum atomic E-state index is 13.3. The van der Waals surface area contributed by atoms with Crippen LogP contribution in [0.1, 0.15) is 11.1 Å². The molecule has 3 amide bonds. The van der Waals surface area contributed by atoms with Crippen LogP contribution in [0.25, 0.3) is 11.3 Å². The van der Waals surface area contributed by atoms with Gasteiger partial charge in [-0.05, 0) is 29.3 Å². The Morgan fingerprint density at radius 1 is 0.947 bits per heavy atom. The molecule has 1 heterocycles. The number of nitrogens with one attached hydrogen (secondary N) is 4. The minimum absolute atomic E-state index is 0.0444. The average molecular weight is 511 g/mol. The predicted molar refractivity (Wildman–Crippen MR) is 147 cm³/mol. The third-order valence-electron chi connectivity index (χ3n) is 5.56. The highest BCUT2D eigenvalue weighted by molar-refractivity contribution is 5.99. The maximum Gasteiger partial charge on any atom is 0.325 e. The number of anilines is 3. The Bertz CT molecular complexity index is 1530. The molecule has 0 saturated carbocycles. The van der Waals surface area contributed by atoms with Crippen LogP contribution in [0.5, 0.6) is 0 Å². The number of nitrogen functional groups attached to an aromatic ring is 2. The fourth-order valence-electron chi connectivity index (χ4n) is 3.66. The first-order valence-corrected chi connectivity index (χ1v) is 11.6. The van der Waals surface area contributed by atoms with Crippen LogP contribution < -0.4 is 33.0 Å². The van der Waals surface area contributed by atoms with Gasteiger partial charge in [-0.2, -0.15) is 0 Å². The van der Waals surface area contributed by atoms with Crippen LogP contribution in [-0.2, 0) is 17.9 Å². The first-order valence-electron chi connectivity index (χ1n) is 11.6. The molecule has 0 radical (unpaired) electrons. The number of hydrogen-bond donors (Lipinski definition) is 6. The van der Waals surface area contributed by atoms with Gasteiger partial charge >= 0.3 is 6.03 Å². The van der Waals surface area contributed by atoms with E-state index in [0.717, 1.165) is 5.56 Å². The van der Waals surface area contributed by atoms with Crippen molar-refractivity contribution in [2.45, 2.75) is 13.1 Å². The minimum atomic E-state index is -0.683. The average Bonchev–Trinajstić information content (AvgIpc) is 2.90. The molecule has 0 atom stereocenters. The molecule has 0 saturated heterocycles. The fraction of sp³-hybridized carbons (Fsp3) is 0.0741. The smallest absolute Gasteiger partial charge is 0.325 e. The van der Waals surface area contributed by atoms with Crippen LogP contribution in [0.15, 0.2) is 89.9 Å². The van der Waals surface area contributed by atoms with E-state index in [1.54, 1.807) is 72.8 Å². The predicted octanol–water partition coefficient (Wildman–Crippen LogP) is 2.74. The summed E-state index contributed by atoms with van der Waals surface area (Å²) in [6.07, 6.45) is 1.43. The van der Waals surface area contributed by atoms with Gasteiger partial charge in [0.15, 0.2) is 0 Å². The van der Waals surface area contributed by atoms with Crippen LogP contribution >= 0.6 is 0 Å². The second-order valence-corrected chi connectivity index (χ2v) is 8.34. The second-order valence-electron chi connectivity index (χ2n) is 8.34. The standard InChI is InChI=1S/C27H26N8O3/c28-20-7-4-8-21(13-20)33-27(38)34-25-26(37)35(22(15-32-25)18-5-2-1-3-6-18)16-23(36)31-14-17-9-11-19(12-10-17)24(29)30/h1-13,15H,14,16,28H2,(H3,29,30)(H,31,36)(H2,32,33,34,38). The maximum absolute atomic E-state index is 13.3. The Labute approximate surface area is 218 Å². The summed E-state index contributed by atoms with van der Waals surface area (Å²) in [4.78, 5) is 42.8. The zero-order valence-corrected chi connectivity index (χ0v) is 20.3. The summed E-state index contributed by atoms with van der Waals surface area (Å²) < 4.78 is 1.26. The van der Waals surface area contributed by atoms with Crippen molar-refractivity contribution in [3.8, 4) is 11.3 Å². The minimum Gasteiger partial charge on any atom is -0.399 e. The van der Waals surface area contributed by atoms with Gasteiger partial charge in [0.05, 0.1) is 11.9 Å². The molecule has 0 spiro atoms. The number of hydrogen-bond acceptors (Lipinski definition) is 6. The van der Waals surface area contributed by atoms with E-state index in [-0.39, 0.29) is 24.7 Å². The molecule has 8 N–H and O–H groups in total. The van der Waals surface area contributed by atoms with Crippen LogP contribution in [0.2, 0.25) is 0 Å². The van der Waals surface area contributed by atoms with E-state index >= 15 is 0 Å². The van der Waals surface area contributed by atoms with Crippen molar-refractivity contribution in [1.29, 1.82) is 5.41 Å². The highest BCUT2D eigenvalue weighted by Gasteiger charge is 2.17. The topological polar surface area (TPSA) is 181 Å². The van der Waals surface area contributed by atoms with Gasteiger partial charge in [-0.3, -0.25) is 24.9 Å². The van der Waals surface area contributed by atoms with Crippen molar-refractivity contribution in [3.05, 3.63) is 107 Å². The van der Waals surface area contributed by atoms with E-state index in [4.69, 9.17) is 16.9 Å². The third-order valence-corrected chi connectivity index (χ3v) is 5.56. The first kappa shape index (κ1) is 25.6. The molecule has 11 nitrogen and oxygen atoms in total. The summed E-state index contributed by atoms with van der Waals surface area (Å²) in [5.41, 5.74) is 14.0. The van der Waals surface area contributed by atoms with Gasteiger partial charge in [-0.25, -0.2) is 9.78 Å². The Kier molecular flexibility index (Phi) is 7.77. The third kappa shape index (κ3) is 6.40. The molecule has 4 aromatic rings. The Morgan fingerprint density at radius 2 is 1.68 bits per heavy atom. The Hall–Kier alpha value is -5.45. The zero-order chi connectivity index (χ0) is 27.1. The van der Waals surface area contributed by atoms with E-state index in [1.807, 2.05) is 6.07 Å². The highest BCUT2D eigenvalue weighted by atomic mass is 16.2. The molecular formula is C27H26N8O3. The first-order chi connectivity index (χ1) is 18.3. The monoisotopic (exact) mass is 510 g/mol.